The van der Waals surface area contributed by atoms with E-state index in [9.17, 15) is 9.90 Å². The minimum Gasteiger partial charge on any atom is -0.481 e. The molecular weight excluding hydrogens is 587 g/mol. The summed E-state index contributed by atoms with van der Waals surface area (Å²) in [4.78, 5) is 14.2. The predicted octanol–water partition coefficient (Wildman–Crippen LogP) is 14.6. The molecule has 3 heteroatoms. The lowest BCUT2D eigenvalue weighted by Gasteiger charge is -2.25. The molecule has 0 aliphatic rings. The maximum absolute atomic E-state index is 11.7. The molecule has 0 aromatic carbocycles. The highest BCUT2D eigenvalue weighted by atomic mass is 16.4. The van der Waals surface area contributed by atoms with E-state index in [-0.39, 0.29) is 5.92 Å². The lowest BCUT2D eigenvalue weighted by Crippen LogP contribution is -2.34. The lowest BCUT2D eigenvalue weighted by molar-refractivity contribution is -0.142. The molecule has 0 aromatic rings. The third-order valence-corrected chi connectivity index (χ3v) is 9.67. The number of hydrogen-bond acceptors (Lipinski definition) is 2. The van der Waals surface area contributed by atoms with Gasteiger partial charge in [-0.2, -0.15) is 0 Å². The Morgan fingerprint density at radius 2 is 0.771 bits per heavy atom. The van der Waals surface area contributed by atoms with Crippen molar-refractivity contribution in [2.24, 2.45) is 5.92 Å². The second-order valence-corrected chi connectivity index (χ2v) is 14.3. The van der Waals surface area contributed by atoms with Crippen molar-refractivity contribution in [3.8, 4) is 0 Å². The number of carbonyl (C=O) groups is 1. The number of carboxylic acids is 1. The molecule has 1 unspecified atom stereocenters. The predicted molar refractivity (Wildman–Crippen MR) is 215 cm³/mol. The Morgan fingerprint density at radius 3 is 1.08 bits per heavy atom. The fraction of sp³-hybridized carbons (Fsp3) is 0.800. The van der Waals surface area contributed by atoms with Crippen LogP contribution in [0.25, 0.3) is 0 Å². The van der Waals surface area contributed by atoms with Gasteiger partial charge in [-0.15, -0.1) is 0 Å². The largest absolute Gasteiger partial charge is 0.481 e. The molecular formula is C45H83NO2. The summed E-state index contributed by atoms with van der Waals surface area (Å²) in [6, 6.07) is 0. The lowest BCUT2D eigenvalue weighted by atomic mass is 10.0. The number of aliphatic carboxylic acids is 1. The molecule has 280 valence electrons. The minimum atomic E-state index is -0.627. The molecule has 0 radical (unpaired) electrons. The maximum atomic E-state index is 11.7. The zero-order valence-corrected chi connectivity index (χ0v) is 32.6. The van der Waals surface area contributed by atoms with Crippen LogP contribution in [0.5, 0.6) is 0 Å². The van der Waals surface area contributed by atoms with Crippen LogP contribution in [0.4, 0.5) is 0 Å². The van der Waals surface area contributed by atoms with Crippen LogP contribution >= 0.6 is 0 Å². The first kappa shape index (κ1) is 46.4. The van der Waals surface area contributed by atoms with Crippen molar-refractivity contribution >= 4 is 5.97 Å². The van der Waals surface area contributed by atoms with E-state index in [1.165, 1.54) is 167 Å². The molecule has 0 aliphatic carbocycles. The van der Waals surface area contributed by atoms with Gasteiger partial charge in [-0.1, -0.05) is 172 Å². The Bertz CT molecular complexity index is 715. The van der Waals surface area contributed by atoms with E-state index in [1.807, 2.05) is 6.92 Å². The summed E-state index contributed by atoms with van der Waals surface area (Å²) >= 11 is 0. The molecule has 0 spiro atoms. The van der Waals surface area contributed by atoms with Gasteiger partial charge in [0.25, 0.3) is 0 Å². The van der Waals surface area contributed by atoms with E-state index in [2.05, 4.69) is 67.4 Å². The summed E-state index contributed by atoms with van der Waals surface area (Å²) < 4.78 is 0. The van der Waals surface area contributed by atoms with Gasteiger partial charge in [0.15, 0.2) is 0 Å². The zero-order valence-electron chi connectivity index (χ0n) is 32.6. The van der Waals surface area contributed by atoms with E-state index in [0.717, 1.165) is 38.9 Å². The van der Waals surface area contributed by atoms with Gasteiger partial charge in [-0.25, -0.2) is 0 Å². The second kappa shape index (κ2) is 39.8. The highest BCUT2D eigenvalue weighted by Crippen LogP contribution is 2.15. The van der Waals surface area contributed by atoms with Crippen LogP contribution in [-0.2, 0) is 4.79 Å². The summed E-state index contributed by atoms with van der Waals surface area (Å²) in [6.07, 6.45) is 55.7. The van der Waals surface area contributed by atoms with Crippen LogP contribution < -0.4 is 0 Å². The van der Waals surface area contributed by atoms with Crippen LogP contribution in [0.2, 0.25) is 0 Å². The summed E-state index contributed by atoms with van der Waals surface area (Å²) in [5.74, 6) is -0.855. The van der Waals surface area contributed by atoms with E-state index in [1.54, 1.807) is 0 Å². The molecule has 0 saturated carbocycles. The van der Waals surface area contributed by atoms with Gasteiger partial charge in [0.05, 0.1) is 5.92 Å². The van der Waals surface area contributed by atoms with Gasteiger partial charge in [0.1, 0.15) is 0 Å². The summed E-state index contributed by atoms with van der Waals surface area (Å²) in [5.41, 5.74) is 0. The number of hydrogen-bond donors (Lipinski definition) is 1. The van der Waals surface area contributed by atoms with Gasteiger partial charge in [-0.3, -0.25) is 4.79 Å². The molecule has 0 fully saturated rings. The van der Waals surface area contributed by atoms with Crippen molar-refractivity contribution in [2.75, 3.05) is 19.6 Å². The molecule has 0 saturated heterocycles. The Hall–Kier alpha value is -1.61. The molecule has 0 bridgehead atoms. The number of allylic oxidation sites excluding steroid dienone is 8. The van der Waals surface area contributed by atoms with E-state index in [4.69, 9.17) is 0 Å². The molecule has 1 atom stereocenters. The smallest absolute Gasteiger partial charge is 0.307 e. The summed E-state index contributed by atoms with van der Waals surface area (Å²) in [5, 5.41) is 9.64. The normalized spacial score (nSPS) is 13.0. The molecule has 3 nitrogen and oxygen atoms in total. The first-order valence-electron chi connectivity index (χ1n) is 21.2. The van der Waals surface area contributed by atoms with Crippen molar-refractivity contribution in [2.45, 2.75) is 207 Å². The molecule has 0 aliphatic heterocycles. The van der Waals surface area contributed by atoms with Crippen molar-refractivity contribution in [1.82, 2.24) is 4.90 Å². The first-order valence-corrected chi connectivity index (χ1v) is 21.2. The van der Waals surface area contributed by atoms with Crippen molar-refractivity contribution < 1.29 is 9.90 Å². The minimum absolute atomic E-state index is 0.228. The summed E-state index contributed by atoms with van der Waals surface area (Å²) in [7, 11) is 0. The van der Waals surface area contributed by atoms with Gasteiger partial charge in [0.2, 0.25) is 0 Å². The van der Waals surface area contributed by atoms with Crippen LogP contribution in [0.1, 0.15) is 207 Å². The Kier molecular flexibility index (Phi) is 38.5. The Balaban J connectivity index is 3.85. The number of rotatable bonds is 38. The maximum Gasteiger partial charge on any atom is 0.307 e. The monoisotopic (exact) mass is 670 g/mol. The molecule has 0 amide bonds. The number of carboxylic acid groups (broad SMARTS) is 1. The highest BCUT2D eigenvalue weighted by molar-refractivity contribution is 5.70. The SMILES string of the molecule is CCCCCC=CCC=CCCCCCCCCCCN(CCCCCCCCCCC=CCC=CCCCCC)CC(CC)C(=O)O. The van der Waals surface area contributed by atoms with E-state index >= 15 is 0 Å². The van der Waals surface area contributed by atoms with Gasteiger partial charge < -0.3 is 10.0 Å². The third kappa shape index (κ3) is 35.7. The molecule has 48 heavy (non-hydrogen) atoms. The van der Waals surface area contributed by atoms with Crippen LogP contribution in [-0.4, -0.2) is 35.6 Å². The molecule has 1 N–H and O–H groups in total. The average Bonchev–Trinajstić information content (AvgIpc) is 3.08. The fourth-order valence-electron chi connectivity index (χ4n) is 6.34. The molecule has 0 heterocycles. The number of unbranched alkanes of at least 4 members (excludes halogenated alkanes) is 22. The first-order chi connectivity index (χ1) is 23.7. The van der Waals surface area contributed by atoms with E-state index in [0.29, 0.717) is 0 Å². The number of nitrogens with zero attached hydrogens (tertiary/aromatic N) is 1. The Labute approximate surface area is 301 Å². The fourth-order valence-corrected chi connectivity index (χ4v) is 6.34. The second-order valence-electron chi connectivity index (χ2n) is 14.3. The van der Waals surface area contributed by atoms with Gasteiger partial charge in [0, 0.05) is 6.54 Å². The zero-order chi connectivity index (χ0) is 35.0. The van der Waals surface area contributed by atoms with Gasteiger partial charge in [-0.05, 0) is 96.6 Å². The highest BCUT2D eigenvalue weighted by Gasteiger charge is 2.18. The summed E-state index contributed by atoms with van der Waals surface area (Å²) in [6.45, 7) is 9.39. The topological polar surface area (TPSA) is 40.5 Å². The van der Waals surface area contributed by atoms with E-state index < -0.39 is 5.97 Å². The van der Waals surface area contributed by atoms with Crippen LogP contribution in [0.15, 0.2) is 48.6 Å². The van der Waals surface area contributed by atoms with Crippen molar-refractivity contribution in [1.29, 1.82) is 0 Å². The van der Waals surface area contributed by atoms with Crippen LogP contribution in [0, 0.1) is 5.92 Å². The molecule has 0 rings (SSSR count). The van der Waals surface area contributed by atoms with Crippen molar-refractivity contribution in [3.05, 3.63) is 48.6 Å². The molecule has 0 aromatic heterocycles. The standard InChI is InChI=1S/C45H83NO2/c1-4-7-9-11-13-15-17-19-21-23-25-27-29-31-33-35-37-39-41-46(43-44(6-3)45(47)48)42-40-38-36-34-32-30-28-26-24-22-20-18-16-14-12-10-8-5-2/h13-16,19-22,44H,4-12,17-18,23-43H2,1-3H3,(H,47,48). The average molecular weight is 670 g/mol. The van der Waals surface area contributed by atoms with Gasteiger partial charge >= 0.3 is 5.97 Å². The van der Waals surface area contributed by atoms with Crippen LogP contribution in [0.3, 0.4) is 0 Å². The quantitative estimate of drug-likeness (QED) is 0.0525. The Morgan fingerprint density at radius 1 is 0.458 bits per heavy atom. The van der Waals surface area contributed by atoms with Crippen molar-refractivity contribution in [3.63, 3.8) is 0 Å². The third-order valence-electron chi connectivity index (χ3n) is 9.67.